The highest BCUT2D eigenvalue weighted by atomic mass is 32.1. The number of hydrogen-bond acceptors (Lipinski definition) is 8. The van der Waals surface area contributed by atoms with Crippen molar-refractivity contribution in [3.63, 3.8) is 0 Å². The number of halogens is 2. The van der Waals surface area contributed by atoms with Crippen LogP contribution in [-0.4, -0.2) is 75.3 Å². The number of carbonyl (C=O) groups is 2. The Kier molecular flexibility index (Phi) is 7.80. The molecular weight excluding hydrogens is 626 g/mol. The molecule has 2 aliphatic rings. The summed E-state index contributed by atoms with van der Waals surface area (Å²) in [5.74, 6) is -1.93. The number of amides is 2. The van der Waals surface area contributed by atoms with E-state index in [-0.39, 0.29) is 42.4 Å². The Labute approximate surface area is 272 Å². The minimum atomic E-state index is -0.816. The molecule has 0 saturated heterocycles. The lowest BCUT2D eigenvalue weighted by Crippen LogP contribution is -2.40. The number of nitrogens with zero attached hydrogens (tertiary/aromatic N) is 6. The molecule has 6 heterocycles. The molecule has 1 aromatic carbocycles. The first kappa shape index (κ1) is 30.6. The molecule has 0 N–H and O–H groups in total. The molecule has 4 aromatic heterocycles. The molecule has 0 spiro atoms. The van der Waals surface area contributed by atoms with Crippen LogP contribution in [0.3, 0.4) is 0 Å². The van der Waals surface area contributed by atoms with Crippen molar-refractivity contribution < 1.29 is 27.8 Å². The average Bonchev–Trinajstić information content (AvgIpc) is 3.78. The van der Waals surface area contributed by atoms with Crippen LogP contribution in [0.15, 0.2) is 54.6 Å². The van der Waals surface area contributed by atoms with Crippen LogP contribution in [0.4, 0.5) is 8.78 Å². The summed E-state index contributed by atoms with van der Waals surface area (Å²) in [6.07, 6.45) is 2.91. The maximum Gasteiger partial charge on any atom is 0.272 e. The molecule has 1 atom stereocenters. The van der Waals surface area contributed by atoms with Crippen molar-refractivity contribution >= 4 is 33.2 Å². The largest absolute Gasteiger partial charge is 0.490 e. The highest BCUT2D eigenvalue weighted by molar-refractivity contribution is 7.18. The summed E-state index contributed by atoms with van der Waals surface area (Å²) in [5, 5.41) is 7.51. The van der Waals surface area contributed by atoms with Gasteiger partial charge in [0.2, 0.25) is 5.91 Å². The van der Waals surface area contributed by atoms with Crippen molar-refractivity contribution in [3.05, 3.63) is 83.1 Å². The fourth-order valence-corrected chi connectivity index (χ4v) is 7.25. The summed E-state index contributed by atoms with van der Waals surface area (Å²) >= 11 is 1.38. The summed E-state index contributed by atoms with van der Waals surface area (Å²) in [6.45, 7) is 7.12. The highest BCUT2D eigenvalue weighted by Gasteiger charge is 2.32. The van der Waals surface area contributed by atoms with Crippen LogP contribution in [0.2, 0.25) is 0 Å². The molecule has 13 heteroatoms. The van der Waals surface area contributed by atoms with Gasteiger partial charge in [-0.05, 0) is 36.6 Å². The van der Waals surface area contributed by atoms with Gasteiger partial charge in [-0.2, -0.15) is 5.10 Å². The second-order valence-corrected chi connectivity index (χ2v) is 12.3. The Balaban J connectivity index is 1.49. The Hall–Kier alpha value is -5.01. The minimum absolute atomic E-state index is 0.00546. The molecule has 5 aromatic rings. The summed E-state index contributed by atoms with van der Waals surface area (Å²) < 4.78 is 44.2. The summed E-state index contributed by atoms with van der Waals surface area (Å²) in [7, 11) is 3.24. The average molecular weight is 657 g/mol. The van der Waals surface area contributed by atoms with E-state index in [0.717, 1.165) is 28.8 Å². The summed E-state index contributed by atoms with van der Waals surface area (Å²) in [6, 6.07) is 7.32. The first-order chi connectivity index (χ1) is 22.7. The van der Waals surface area contributed by atoms with E-state index in [4.69, 9.17) is 19.6 Å². The number of pyridine rings is 2. The van der Waals surface area contributed by atoms with E-state index in [1.165, 1.54) is 24.5 Å². The quantitative estimate of drug-likeness (QED) is 0.152. The molecule has 0 unspecified atom stereocenters. The van der Waals surface area contributed by atoms with E-state index in [9.17, 15) is 14.0 Å². The van der Waals surface area contributed by atoms with E-state index in [0.29, 0.717) is 58.2 Å². The number of thiophene rings is 1. The fourth-order valence-electron chi connectivity index (χ4n) is 6.30. The Morgan fingerprint density at radius 1 is 1.13 bits per heavy atom. The van der Waals surface area contributed by atoms with Crippen LogP contribution in [-0.2, 0) is 22.6 Å². The zero-order valence-electron chi connectivity index (χ0n) is 25.9. The van der Waals surface area contributed by atoms with Crippen molar-refractivity contribution in [2.45, 2.75) is 26.1 Å². The molecule has 0 saturated carbocycles. The van der Waals surface area contributed by atoms with Gasteiger partial charge in [-0.1, -0.05) is 6.58 Å². The van der Waals surface area contributed by atoms with Gasteiger partial charge in [0.25, 0.3) is 5.91 Å². The van der Waals surface area contributed by atoms with Crippen molar-refractivity contribution in [2.75, 3.05) is 33.9 Å². The van der Waals surface area contributed by atoms with Gasteiger partial charge in [0.1, 0.15) is 41.1 Å². The molecule has 2 amide bonds. The van der Waals surface area contributed by atoms with Crippen LogP contribution in [0.5, 0.6) is 5.75 Å². The summed E-state index contributed by atoms with van der Waals surface area (Å²) in [4.78, 5) is 38.1. The third kappa shape index (κ3) is 5.15. The fraction of sp³-hybridized carbons (Fsp3) is 0.265. The molecule has 47 heavy (non-hydrogen) atoms. The number of benzene rings is 1. The lowest BCUT2D eigenvalue weighted by molar-refractivity contribution is -0.129. The number of ether oxygens (including phenoxy) is 2. The predicted molar refractivity (Wildman–Crippen MR) is 173 cm³/mol. The van der Waals surface area contributed by atoms with Crippen LogP contribution in [0, 0.1) is 11.6 Å². The lowest BCUT2D eigenvalue weighted by atomic mass is 9.96. The van der Waals surface area contributed by atoms with Gasteiger partial charge in [-0.3, -0.25) is 19.3 Å². The van der Waals surface area contributed by atoms with E-state index in [1.54, 1.807) is 23.0 Å². The Morgan fingerprint density at radius 3 is 2.74 bits per heavy atom. The number of aromatic nitrogens is 4. The smallest absolute Gasteiger partial charge is 0.272 e. The Morgan fingerprint density at radius 2 is 1.96 bits per heavy atom. The van der Waals surface area contributed by atoms with Gasteiger partial charge in [0, 0.05) is 72.4 Å². The van der Waals surface area contributed by atoms with Crippen LogP contribution >= 0.6 is 11.3 Å². The van der Waals surface area contributed by atoms with Gasteiger partial charge in [0.15, 0.2) is 0 Å². The molecule has 0 fully saturated rings. The molecular formula is C34H30F2N6O4S. The van der Waals surface area contributed by atoms with Crippen LogP contribution in [0.1, 0.15) is 34.7 Å². The molecule has 2 aliphatic heterocycles. The highest BCUT2D eigenvalue weighted by Crippen LogP contribution is 2.47. The number of methoxy groups -OCH3 is 1. The molecule has 0 bridgehead atoms. The van der Waals surface area contributed by atoms with Crippen LogP contribution in [0.25, 0.3) is 43.9 Å². The SMILES string of the molecule is C=CC(=O)N1CCn2nc(-c3nc(-c4cnc5c(c4)CN(C)C5=O)c4ccsc4c3-c3c(F)cc(F)cc3OCCOC)cc2[C@@H]1C. The second kappa shape index (κ2) is 12.0. The molecule has 240 valence electrons. The topological polar surface area (TPSA) is 103 Å². The molecule has 7 rings (SSSR count). The second-order valence-electron chi connectivity index (χ2n) is 11.4. The Bertz CT molecular complexity index is 2090. The number of carbonyl (C=O) groups excluding carboxylic acids is 2. The minimum Gasteiger partial charge on any atom is -0.490 e. The summed E-state index contributed by atoms with van der Waals surface area (Å²) in [5.41, 5.74) is 4.45. The van der Waals surface area contributed by atoms with Gasteiger partial charge in [0.05, 0.1) is 36.1 Å². The van der Waals surface area contributed by atoms with E-state index in [2.05, 4.69) is 11.6 Å². The van der Waals surface area contributed by atoms with Gasteiger partial charge < -0.3 is 19.3 Å². The molecule has 10 nitrogen and oxygen atoms in total. The standard InChI is InChI=1S/C34H30F2N6O4S/c1-5-27(43)41-7-8-42-25(18(41)2)15-24(39-42)32-29(28-23(36)13-21(35)14-26(28)46-10-9-45-4)33-22(6-11-47-33)30(38-32)19-12-20-17-40(3)34(44)31(20)37-16-19/h5-6,11-16,18H,1,7-10,17H2,2-4H3/t18-/m0/s1. The van der Waals surface area contributed by atoms with Crippen molar-refractivity contribution in [1.29, 1.82) is 0 Å². The van der Waals surface area contributed by atoms with Gasteiger partial charge in [-0.25, -0.2) is 13.8 Å². The van der Waals surface area contributed by atoms with Crippen LogP contribution < -0.4 is 4.74 Å². The lowest BCUT2D eigenvalue weighted by Gasteiger charge is -2.33. The monoisotopic (exact) mass is 656 g/mol. The van der Waals surface area contributed by atoms with Crippen molar-refractivity contribution in [1.82, 2.24) is 29.5 Å². The number of rotatable bonds is 8. The van der Waals surface area contributed by atoms with E-state index >= 15 is 4.39 Å². The predicted octanol–water partition coefficient (Wildman–Crippen LogP) is 5.87. The van der Waals surface area contributed by atoms with Gasteiger partial charge >= 0.3 is 0 Å². The third-order valence-corrected chi connectivity index (χ3v) is 9.51. The zero-order chi connectivity index (χ0) is 33.0. The zero-order valence-corrected chi connectivity index (χ0v) is 26.7. The number of fused-ring (bicyclic) bond motifs is 3. The maximum absolute atomic E-state index is 16.1. The number of hydrogen-bond donors (Lipinski definition) is 0. The van der Waals surface area contributed by atoms with Gasteiger partial charge in [-0.15, -0.1) is 11.3 Å². The molecule has 0 radical (unpaired) electrons. The first-order valence-corrected chi connectivity index (χ1v) is 15.9. The van der Waals surface area contributed by atoms with E-state index < -0.39 is 11.6 Å². The van der Waals surface area contributed by atoms with Crippen molar-refractivity contribution in [3.8, 4) is 39.5 Å². The molecule has 0 aliphatic carbocycles. The normalized spacial score (nSPS) is 15.7. The van der Waals surface area contributed by atoms with E-state index in [1.807, 2.05) is 35.2 Å². The third-order valence-electron chi connectivity index (χ3n) is 8.58. The van der Waals surface area contributed by atoms with Crippen molar-refractivity contribution in [2.24, 2.45) is 0 Å². The first-order valence-electron chi connectivity index (χ1n) is 15.0. The maximum atomic E-state index is 16.1.